The highest BCUT2D eigenvalue weighted by atomic mass is 79.9. The van der Waals surface area contributed by atoms with E-state index in [1.54, 1.807) is 14.2 Å². The van der Waals surface area contributed by atoms with Crippen LogP contribution >= 0.6 is 15.9 Å². The zero-order valence-corrected chi connectivity index (χ0v) is 19.1. The summed E-state index contributed by atoms with van der Waals surface area (Å²) in [5.74, 6) is 1.91. The molecule has 1 saturated heterocycles. The zero-order valence-electron chi connectivity index (χ0n) is 17.5. The lowest BCUT2D eigenvalue weighted by molar-refractivity contribution is 0.190. The van der Waals surface area contributed by atoms with Gasteiger partial charge in [-0.25, -0.2) is 4.79 Å². The van der Waals surface area contributed by atoms with E-state index in [1.807, 2.05) is 23.1 Å². The summed E-state index contributed by atoms with van der Waals surface area (Å²) in [4.78, 5) is 17.0. The molecule has 2 aromatic rings. The molecule has 2 aliphatic heterocycles. The van der Waals surface area contributed by atoms with Crippen molar-refractivity contribution in [1.82, 2.24) is 10.2 Å². The highest BCUT2D eigenvalue weighted by Gasteiger charge is 2.26. The monoisotopic (exact) mass is 473 g/mol. The molecule has 160 valence electrons. The predicted octanol–water partition coefficient (Wildman–Crippen LogP) is 4.06. The van der Waals surface area contributed by atoms with Crippen molar-refractivity contribution >= 4 is 27.6 Å². The number of rotatable bonds is 5. The fourth-order valence-electron chi connectivity index (χ4n) is 4.31. The molecule has 4 rings (SSSR count). The standard InChI is InChI=1S/C23H28BrN3O3/c1-29-21-10-17-7-9-27(15-18(17)11-22(21)30-2)23(28)25-13-16-6-8-26(14-16)20-5-3-4-19(24)12-20/h3-5,10-12,16H,6-9,13-15H2,1-2H3,(H,25,28). The van der Waals surface area contributed by atoms with Crippen molar-refractivity contribution in [2.24, 2.45) is 5.92 Å². The fourth-order valence-corrected chi connectivity index (χ4v) is 4.69. The van der Waals surface area contributed by atoms with Gasteiger partial charge in [-0.3, -0.25) is 0 Å². The maximum Gasteiger partial charge on any atom is 0.317 e. The quantitative estimate of drug-likeness (QED) is 0.711. The predicted molar refractivity (Wildman–Crippen MR) is 122 cm³/mol. The molecule has 1 atom stereocenters. The Balaban J connectivity index is 1.31. The van der Waals surface area contributed by atoms with Crippen LogP contribution in [0.4, 0.5) is 10.5 Å². The number of hydrogen-bond acceptors (Lipinski definition) is 4. The second kappa shape index (κ2) is 9.16. The van der Waals surface area contributed by atoms with Gasteiger partial charge in [0, 0.05) is 42.9 Å². The van der Waals surface area contributed by atoms with E-state index < -0.39 is 0 Å². The molecule has 0 aliphatic carbocycles. The molecule has 2 amide bonds. The number of carbonyl (C=O) groups excluding carboxylic acids is 1. The van der Waals surface area contributed by atoms with Crippen LogP contribution in [0.15, 0.2) is 40.9 Å². The van der Waals surface area contributed by atoms with Crippen LogP contribution in [0.1, 0.15) is 17.5 Å². The minimum atomic E-state index is 0.0105. The van der Waals surface area contributed by atoms with Gasteiger partial charge in [0.25, 0.3) is 0 Å². The summed E-state index contributed by atoms with van der Waals surface area (Å²) in [6, 6.07) is 12.4. The Hall–Kier alpha value is -2.41. The summed E-state index contributed by atoms with van der Waals surface area (Å²) in [7, 11) is 3.28. The first kappa shape index (κ1) is 20.8. The number of ether oxygens (including phenoxy) is 2. The average Bonchev–Trinajstić information content (AvgIpc) is 3.25. The van der Waals surface area contributed by atoms with Crippen LogP contribution < -0.4 is 19.7 Å². The summed E-state index contributed by atoms with van der Waals surface area (Å²) in [6.45, 7) is 4.00. The van der Waals surface area contributed by atoms with Gasteiger partial charge < -0.3 is 24.6 Å². The first-order valence-electron chi connectivity index (χ1n) is 10.3. The van der Waals surface area contributed by atoms with E-state index in [2.05, 4.69) is 44.3 Å². The minimum absolute atomic E-state index is 0.0105. The van der Waals surface area contributed by atoms with Crippen LogP contribution in [0.25, 0.3) is 0 Å². The van der Waals surface area contributed by atoms with Crippen LogP contribution in [-0.2, 0) is 13.0 Å². The molecule has 7 heteroatoms. The highest BCUT2D eigenvalue weighted by molar-refractivity contribution is 9.10. The molecular formula is C23H28BrN3O3. The van der Waals surface area contributed by atoms with Gasteiger partial charge in [-0.2, -0.15) is 0 Å². The number of nitrogens with zero attached hydrogens (tertiary/aromatic N) is 2. The maximum atomic E-state index is 12.8. The van der Waals surface area contributed by atoms with Gasteiger partial charge in [0.15, 0.2) is 11.5 Å². The third kappa shape index (κ3) is 4.51. The normalized spacial score (nSPS) is 18.2. The fraction of sp³-hybridized carbons (Fsp3) is 0.435. The summed E-state index contributed by atoms with van der Waals surface area (Å²) in [5.41, 5.74) is 3.57. The van der Waals surface area contributed by atoms with E-state index in [1.165, 1.54) is 11.3 Å². The summed E-state index contributed by atoms with van der Waals surface area (Å²) in [6.07, 6.45) is 1.91. The lowest BCUT2D eigenvalue weighted by atomic mass is 9.99. The van der Waals surface area contributed by atoms with Crippen molar-refractivity contribution < 1.29 is 14.3 Å². The molecule has 30 heavy (non-hydrogen) atoms. The maximum absolute atomic E-state index is 12.8. The van der Waals surface area contributed by atoms with Crippen molar-refractivity contribution in [3.05, 3.63) is 52.0 Å². The third-order valence-corrected chi connectivity index (χ3v) is 6.50. The largest absolute Gasteiger partial charge is 0.493 e. The van der Waals surface area contributed by atoms with Crippen LogP contribution in [0.2, 0.25) is 0 Å². The second-order valence-corrected chi connectivity index (χ2v) is 8.83. The number of fused-ring (bicyclic) bond motifs is 1. The SMILES string of the molecule is COc1cc2c(cc1OC)CN(C(=O)NCC1CCN(c3cccc(Br)c3)C1)CC2. The number of hydrogen-bond donors (Lipinski definition) is 1. The van der Waals surface area contributed by atoms with Crippen molar-refractivity contribution in [3.8, 4) is 11.5 Å². The number of halogens is 1. The van der Waals surface area contributed by atoms with Crippen LogP contribution in [0.3, 0.4) is 0 Å². The number of urea groups is 1. The lowest BCUT2D eigenvalue weighted by Crippen LogP contribution is -2.44. The number of amides is 2. The Kier molecular flexibility index (Phi) is 6.37. The number of carbonyl (C=O) groups is 1. The molecule has 2 heterocycles. The van der Waals surface area contributed by atoms with E-state index in [0.717, 1.165) is 41.7 Å². The molecule has 0 radical (unpaired) electrons. The van der Waals surface area contributed by atoms with Gasteiger partial charge in [0.05, 0.1) is 14.2 Å². The molecule has 0 saturated carbocycles. The van der Waals surface area contributed by atoms with E-state index in [9.17, 15) is 4.79 Å². The number of anilines is 1. The van der Waals surface area contributed by atoms with E-state index in [-0.39, 0.29) is 6.03 Å². The molecule has 2 aromatic carbocycles. The van der Waals surface area contributed by atoms with E-state index in [4.69, 9.17) is 9.47 Å². The van der Waals surface area contributed by atoms with Crippen LogP contribution in [0, 0.1) is 5.92 Å². The Morgan fingerprint density at radius 1 is 1.13 bits per heavy atom. The smallest absolute Gasteiger partial charge is 0.317 e. The number of nitrogens with one attached hydrogen (secondary N) is 1. The van der Waals surface area contributed by atoms with Gasteiger partial charge in [-0.05, 0) is 60.2 Å². The van der Waals surface area contributed by atoms with Crippen molar-refractivity contribution in [2.45, 2.75) is 19.4 Å². The number of methoxy groups -OCH3 is 2. The highest BCUT2D eigenvalue weighted by Crippen LogP contribution is 2.33. The second-order valence-electron chi connectivity index (χ2n) is 7.91. The van der Waals surface area contributed by atoms with Gasteiger partial charge in [0.1, 0.15) is 0 Å². The Morgan fingerprint density at radius 3 is 2.63 bits per heavy atom. The summed E-state index contributed by atoms with van der Waals surface area (Å²) < 4.78 is 11.9. The van der Waals surface area contributed by atoms with Gasteiger partial charge in [-0.15, -0.1) is 0 Å². The molecule has 6 nitrogen and oxygen atoms in total. The van der Waals surface area contributed by atoms with Gasteiger partial charge >= 0.3 is 6.03 Å². The van der Waals surface area contributed by atoms with Crippen LogP contribution in [-0.4, -0.2) is 51.3 Å². The zero-order chi connectivity index (χ0) is 21.1. The first-order chi connectivity index (χ1) is 14.6. The third-order valence-electron chi connectivity index (χ3n) is 6.01. The lowest BCUT2D eigenvalue weighted by Gasteiger charge is -2.30. The summed E-state index contributed by atoms with van der Waals surface area (Å²) in [5, 5.41) is 3.15. The molecule has 1 unspecified atom stereocenters. The van der Waals surface area contributed by atoms with Crippen molar-refractivity contribution in [2.75, 3.05) is 45.3 Å². The minimum Gasteiger partial charge on any atom is -0.493 e. The average molecular weight is 474 g/mol. The van der Waals surface area contributed by atoms with Gasteiger partial charge in [-0.1, -0.05) is 22.0 Å². The molecule has 0 spiro atoms. The molecule has 1 N–H and O–H groups in total. The molecule has 1 fully saturated rings. The Bertz CT molecular complexity index is 921. The van der Waals surface area contributed by atoms with Crippen LogP contribution in [0.5, 0.6) is 11.5 Å². The molecule has 0 aromatic heterocycles. The molecular weight excluding hydrogens is 446 g/mol. The first-order valence-corrected chi connectivity index (χ1v) is 11.1. The number of benzene rings is 2. The van der Waals surface area contributed by atoms with Crippen molar-refractivity contribution in [3.63, 3.8) is 0 Å². The van der Waals surface area contributed by atoms with Gasteiger partial charge in [0.2, 0.25) is 0 Å². The topological polar surface area (TPSA) is 54.0 Å². The molecule has 2 aliphatic rings. The van der Waals surface area contributed by atoms with E-state index in [0.29, 0.717) is 31.3 Å². The molecule has 0 bridgehead atoms. The summed E-state index contributed by atoms with van der Waals surface area (Å²) >= 11 is 3.54. The Labute approximate surface area is 186 Å². The Morgan fingerprint density at radius 2 is 1.90 bits per heavy atom. The van der Waals surface area contributed by atoms with Crippen molar-refractivity contribution in [1.29, 1.82) is 0 Å². The van der Waals surface area contributed by atoms with E-state index >= 15 is 0 Å².